The second-order valence-corrected chi connectivity index (χ2v) is 6.64. The van der Waals surface area contributed by atoms with Crippen LogP contribution in [0.3, 0.4) is 0 Å². The Kier molecular flexibility index (Phi) is 4.58. The molecule has 0 bridgehead atoms. The highest BCUT2D eigenvalue weighted by Gasteiger charge is 2.24. The quantitative estimate of drug-likeness (QED) is 0.786. The Morgan fingerprint density at radius 3 is 2.69 bits per heavy atom. The van der Waals surface area contributed by atoms with E-state index in [4.69, 9.17) is 4.42 Å². The number of aryl methyl sites for hydroxylation is 1. The molecule has 1 saturated heterocycles. The highest BCUT2D eigenvalue weighted by atomic mass is 16.3. The molecule has 26 heavy (non-hydrogen) atoms. The number of piperazine rings is 1. The van der Waals surface area contributed by atoms with E-state index >= 15 is 0 Å². The van der Waals surface area contributed by atoms with Crippen LogP contribution in [0.2, 0.25) is 0 Å². The average molecular weight is 350 g/mol. The van der Waals surface area contributed by atoms with E-state index in [1.165, 1.54) is 11.1 Å². The van der Waals surface area contributed by atoms with Gasteiger partial charge in [-0.2, -0.15) is 5.10 Å². The normalized spacial score (nSPS) is 15.3. The smallest absolute Gasteiger partial charge is 0.274 e. The van der Waals surface area contributed by atoms with E-state index in [0.717, 1.165) is 25.3 Å². The van der Waals surface area contributed by atoms with Crippen LogP contribution in [-0.4, -0.2) is 52.1 Å². The highest BCUT2D eigenvalue weighted by molar-refractivity contribution is 5.93. The molecule has 0 unspecified atom stereocenters. The Labute approximate surface area is 152 Å². The van der Waals surface area contributed by atoms with Gasteiger partial charge in [0.25, 0.3) is 5.91 Å². The monoisotopic (exact) mass is 350 g/mol. The number of aromatic nitrogens is 2. The maximum Gasteiger partial charge on any atom is 0.274 e. The fraction of sp³-hybridized carbons (Fsp3) is 0.300. The number of hydrogen-bond donors (Lipinski definition) is 1. The summed E-state index contributed by atoms with van der Waals surface area (Å²) >= 11 is 0. The molecule has 3 aromatic rings. The molecule has 1 aliphatic heterocycles. The van der Waals surface area contributed by atoms with Gasteiger partial charge in [0.2, 0.25) is 0 Å². The minimum atomic E-state index is -0.0328. The van der Waals surface area contributed by atoms with Gasteiger partial charge in [0.1, 0.15) is 5.69 Å². The maximum absolute atomic E-state index is 12.7. The van der Waals surface area contributed by atoms with Crippen LogP contribution in [0.4, 0.5) is 0 Å². The predicted octanol–water partition coefficient (Wildman–Crippen LogP) is 2.94. The van der Waals surface area contributed by atoms with Crippen LogP contribution in [0.15, 0.2) is 53.1 Å². The minimum Gasteiger partial charge on any atom is -0.463 e. The van der Waals surface area contributed by atoms with Gasteiger partial charge in [0.15, 0.2) is 11.5 Å². The van der Waals surface area contributed by atoms with Crippen molar-refractivity contribution >= 4 is 5.91 Å². The van der Waals surface area contributed by atoms with E-state index in [1.807, 2.05) is 17.0 Å². The molecule has 1 aliphatic rings. The first-order chi connectivity index (χ1) is 12.7. The van der Waals surface area contributed by atoms with Gasteiger partial charge in [0.05, 0.1) is 6.26 Å². The Balaban J connectivity index is 1.36. The van der Waals surface area contributed by atoms with Crippen LogP contribution < -0.4 is 0 Å². The van der Waals surface area contributed by atoms with E-state index in [0.29, 0.717) is 24.5 Å². The number of carbonyl (C=O) groups excluding carboxylic acids is 1. The summed E-state index contributed by atoms with van der Waals surface area (Å²) in [4.78, 5) is 17.0. The molecule has 0 atom stereocenters. The second kappa shape index (κ2) is 7.17. The number of amides is 1. The Bertz CT molecular complexity index is 877. The van der Waals surface area contributed by atoms with Crippen LogP contribution in [0.5, 0.6) is 0 Å². The second-order valence-electron chi connectivity index (χ2n) is 6.64. The van der Waals surface area contributed by atoms with Crippen molar-refractivity contribution in [3.63, 3.8) is 0 Å². The van der Waals surface area contributed by atoms with E-state index in [-0.39, 0.29) is 5.91 Å². The van der Waals surface area contributed by atoms with Gasteiger partial charge in [-0.15, -0.1) is 0 Å². The first-order valence-corrected chi connectivity index (χ1v) is 8.86. The summed E-state index contributed by atoms with van der Waals surface area (Å²) < 4.78 is 5.34. The molecular weight excluding hydrogens is 328 g/mol. The van der Waals surface area contributed by atoms with Crippen molar-refractivity contribution in [1.82, 2.24) is 20.0 Å². The molecule has 1 N–H and O–H groups in total. The topological polar surface area (TPSA) is 65.4 Å². The molecule has 6 nitrogen and oxygen atoms in total. The zero-order valence-electron chi connectivity index (χ0n) is 14.8. The molecule has 6 heteroatoms. The Hall–Kier alpha value is -2.86. The predicted molar refractivity (Wildman–Crippen MR) is 98.6 cm³/mol. The SMILES string of the molecule is Cc1ccccc1CN1CCN(C(=O)c2cc(-c3ccco3)[nH]n2)CC1. The molecule has 2 aromatic heterocycles. The lowest BCUT2D eigenvalue weighted by molar-refractivity contribution is 0.0622. The van der Waals surface area contributed by atoms with Crippen molar-refractivity contribution in [2.75, 3.05) is 26.2 Å². The van der Waals surface area contributed by atoms with Crippen LogP contribution in [0, 0.1) is 6.92 Å². The molecule has 1 fully saturated rings. The lowest BCUT2D eigenvalue weighted by Gasteiger charge is -2.34. The van der Waals surface area contributed by atoms with E-state index in [2.05, 4.69) is 46.3 Å². The molecule has 0 spiro atoms. The molecular formula is C20H22N4O2. The number of carbonyl (C=O) groups is 1. The lowest BCUT2D eigenvalue weighted by atomic mass is 10.1. The Morgan fingerprint density at radius 2 is 1.96 bits per heavy atom. The summed E-state index contributed by atoms with van der Waals surface area (Å²) in [6.45, 7) is 6.25. The molecule has 3 heterocycles. The van der Waals surface area contributed by atoms with Gasteiger partial charge in [-0.1, -0.05) is 24.3 Å². The van der Waals surface area contributed by atoms with Gasteiger partial charge in [0, 0.05) is 38.8 Å². The summed E-state index contributed by atoms with van der Waals surface area (Å²) in [7, 11) is 0. The summed E-state index contributed by atoms with van der Waals surface area (Å²) in [5.74, 6) is 0.647. The summed E-state index contributed by atoms with van der Waals surface area (Å²) in [6, 6.07) is 13.9. The van der Waals surface area contributed by atoms with Crippen LogP contribution in [0.1, 0.15) is 21.6 Å². The molecule has 1 aromatic carbocycles. The van der Waals surface area contributed by atoms with E-state index in [1.54, 1.807) is 12.3 Å². The maximum atomic E-state index is 12.7. The first-order valence-electron chi connectivity index (χ1n) is 8.86. The number of aromatic amines is 1. The van der Waals surface area contributed by atoms with Gasteiger partial charge < -0.3 is 9.32 Å². The largest absolute Gasteiger partial charge is 0.463 e. The molecule has 134 valence electrons. The zero-order valence-corrected chi connectivity index (χ0v) is 14.8. The number of nitrogens with zero attached hydrogens (tertiary/aromatic N) is 3. The van der Waals surface area contributed by atoms with Crippen molar-refractivity contribution in [2.45, 2.75) is 13.5 Å². The van der Waals surface area contributed by atoms with Gasteiger partial charge in [-0.3, -0.25) is 14.8 Å². The van der Waals surface area contributed by atoms with Crippen molar-refractivity contribution in [2.24, 2.45) is 0 Å². The number of rotatable bonds is 4. The number of benzene rings is 1. The summed E-state index contributed by atoms with van der Waals surface area (Å²) in [5.41, 5.74) is 3.82. The van der Waals surface area contributed by atoms with Gasteiger partial charge in [-0.05, 0) is 30.2 Å². The Morgan fingerprint density at radius 1 is 1.15 bits per heavy atom. The van der Waals surface area contributed by atoms with Crippen LogP contribution >= 0.6 is 0 Å². The van der Waals surface area contributed by atoms with Crippen LogP contribution in [0.25, 0.3) is 11.5 Å². The molecule has 0 saturated carbocycles. The standard InChI is InChI=1S/C20H22N4O2/c1-15-5-2-3-6-16(15)14-23-8-10-24(11-9-23)20(25)18-13-17(21-22-18)19-7-4-12-26-19/h2-7,12-13H,8-11,14H2,1H3,(H,21,22). The van der Waals surface area contributed by atoms with Gasteiger partial charge in [-0.25, -0.2) is 0 Å². The average Bonchev–Trinajstić information content (AvgIpc) is 3.35. The number of furan rings is 1. The lowest BCUT2D eigenvalue weighted by Crippen LogP contribution is -2.48. The minimum absolute atomic E-state index is 0.0328. The summed E-state index contributed by atoms with van der Waals surface area (Å²) in [6.07, 6.45) is 1.60. The van der Waals surface area contributed by atoms with Crippen molar-refractivity contribution in [3.8, 4) is 11.5 Å². The third-order valence-electron chi connectivity index (χ3n) is 4.90. The fourth-order valence-corrected chi connectivity index (χ4v) is 3.29. The van der Waals surface area contributed by atoms with E-state index < -0.39 is 0 Å². The van der Waals surface area contributed by atoms with Crippen LogP contribution in [-0.2, 0) is 6.54 Å². The highest BCUT2D eigenvalue weighted by Crippen LogP contribution is 2.19. The zero-order chi connectivity index (χ0) is 17.9. The third-order valence-corrected chi connectivity index (χ3v) is 4.90. The first kappa shape index (κ1) is 16.6. The fourth-order valence-electron chi connectivity index (χ4n) is 3.29. The molecule has 4 rings (SSSR count). The molecule has 1 amide bonds. The van der Waals surface area contributed by atoms with Crippen molar-refractivity contribution in [3.05, 3.63) is 65.5 Å². The molecule has 0 radical (unpaired) electrons. The van der Waals surface area contributed by atoms with E-state index in [9.17, 15) is 4.79 Å². The van der Waals surface area contributed by atoms with Crippen molar-refractivity contribution in [1.29, 1.82) is 0 Å². The summed E-state index contributed by atoms with van der Waals surface area (Å²) in [5, 5.41) is 7.03. The van der Waals surface area contributed by atoms with Crippen molar-refractivity contribution < 1.29 is 9.21 Å². The third kappa shape index (κ3) is 3.41. The number of nitrogens with one attached hydrogen (secondary N) is 1. The molecule has 0 aliphatic carbocycles. The van der Waals surface area contributed by atoms with Gasteiger partial charge >= 0.3 is 0 Å². The number of hydrogen-bond acceptors (Lipinski definition) is 4. The number of H-pyrrole nitrogens is 1.